The van der Waals surface area contributed by atoms with Crippen molar-refractivity contribution in [2.24, 2.45) is 0 Å². The lowest BCUT2D eigenvalue weighted by Gasteiger charge is -2.31. The maximum atomic E-state index is 14.3. The van der Waals surface area contributed by atoms with Gasteiger partial charge < -0.3 is 4.90 Å². The second kappa shape index (κ2) is 12.3. The van der Waals surface area contributed by atoms with Crippen LogP contribution in [0.5, 0.6) is 0 Å². The van der Waals surface area contributed by atoms with Gasteiger partial charge in [0.25, 0.3) is 0 Å². The Morgan fingerprint density at radius 2 is 1.48 bits per heavy atom. The molecule has 3 unspecified atom stereocenters. The first-order valence-corrected chi connectivity index (χ1v) is 12.3. The molecule has 31 heavy (non-hydrogen) atoms. The third kappa shape index (κ3) is 6.87. The summed E-state index contributed by atoms with van der Waals surface area (Å²) in [5.74, 6) is -0.579. The van der Waals surface area contributed by atoms with Gasteiger partial charge in [0.2, 0.25) is 0 Å². The van der Waals surface area contributed by atoms with E-state index in [1.807, 2.05) is 12.1 Å². The summed E-state index contributed by atoms with van der Waals surface area (Å²) < 4.78 is 28.6. The smallest absolute Gasteiger partial charge is 0.110 e. The van der Waals surface area contributed by atoms with Gasteiger partial charge in [-0.2, -0.15) is 0 Å². The molecule has 0 amide bonds. The van der Waals surface area contributed by atoms with Crippen LogP contribution in [0.3, 0.4) is 0 Å². The molecular formula is C28H39F2N. The Kier molecular flexibility index (Phi) is 9.52. The van der Waals surface area contributed by atoms with Crippen molar-refractivity contribution in [2.75, 3.05) is 13.1 Å². The molecule has 0 aromatic heterocycles. The molecule has 1 saturated carbocycles. The quantitative estimate of drug-likeness (QED) is 0.364. The highest BCUT2D eigenvalue weighted by molar-refractivity contribution is 5.28. The van der Waals surface area contributed by atoms with E-state index < -0.39 is 18.3 Å². The van der Waals surface area contributed by atoms with E-state index in [1.54, 1.807) is 0 Å². The topological polar surface area (TPSA) is 3.24 Å². The van der Waals surface area contributed by atoms with Gasteiger partial charge >= 0.3 is 0 Å². The molecule has 3 heteroatoms. The lowest BCUT2D eigenvalue weighted by molar-refractivity contribution is 0.124. The number of rotatable bonds is 11. The number of alkyl halides is 2. The Morgan fingerprint density at radius 3 is 2.10 bits per heavy atom. The van der Waals surface area contributed by atoms with E-state index in [0.29, 0.717) is 25.3 Å². The lowest BCUT2D eigenvalue weighted by Crippen LogP contribution is -2.37. The van der Waals surface area contributed by atoms with Crippen LogP contribution in [0.25, 0.3) is 0 Å². The Bertz CT molecular complexity index is 735. The molecule has 1 aliphatic rings. The first-order chi connectivity index (χ1) is 15.1. The zero-order valence-electron chi connectivity index (χ0n) is 19.3. The summed E-state index contributed by atoms with van der Waals surface area (Å²) in [5, 5.41) is 0. The van der Waals surface area contributed by atoms with Crippen LogP contribution < -0.4 is 0 Å². The average molecular weight is 428 g/mol. The number of halogens is 2. The van der Waals surface area contributed by atoms with E-state index in [4.69, 9.17) is 0 Å². The maximum absolute atomic E-state index is 14.3. The van der Waals surface area contributed by atoms with Crippen LogP contribution in [0.1, 0.15) is 75.0 Å². The minimum Gasteiger partial charge on any atom is -0.300 e. The molecule has 2 aromatic rings. The fourth-order valence-corrected chi connectivity index (χ4v) is 5.08. The van der Waals surface area contributed by atoms with Crippen molar-refractivity contribution in [3.63, 3.8) is 0 Å². The van der Waals surface area contributed by atoms with Crippen LogP contribution in [0, 0.1) is 0 Å². The minimum atomic E-state index is -1.05. The summed E-state index contributed by atoms with van der Waals surface area (Å²) >= 11 is 0. The van der Waals surface area contributed by atoms with Gasteiger partial charge in [-0.25, -0.2) is 8.78 Å². The van der Waals surface area contributed by atoms with E-state index in [1.165, 1.54) is 11.1 Å². The number of aryl methyl sites for hydroxylation is 1. The van der Waals surface area contributed by atoms with Crippen LogP contribution in [-0.2, 0) is 12.8 Å². The largest absolute Gasteiger partial charge is 0.300 e. The van der Waals surface area contributed by atoms with Gasteiger partial charge in [-0.15, -0.1) is 0 Å². The molecule has 0 bridgehead atoms. The summed E-state index contributed by atoms with van der Waals surface area (Å²) in [4.78, 5) is 2.64. The summed E-state index contributed by atoms with van der Waals surface area (Å²) in [6, 6.07) is 19.4. The first-order valence-electron chi connectivity index (χ1n) is 12.3. The molecular weight excluding hydrogens is 388 g/mol. The summed E-state index contributed by atoms with van der Waals surface area (Å²) in [6.07, 6.45) is 5.05. The number of hydrogen-bond donors (Lipinski definition) is 0. The van der Waals surface area contributed by atoms with Gasteiger partial charge in [-0.05, 0) is 74.6 Å². The average Bonchev–Trinajstić information content (AvgIpc) is 2.79. The third-order valence-corrected chi connectivity index (χ3v) is 6.90. The highest BCUT2D eigenvalue weighted by atomic mass is 19.1. The van der Waals surface area contributed by atoms with E-state index in [9.17, 15) is 8.78 Å². The highest BCUT2D eigenvalue weighted by Crippen LogP contribution is 2.37. The van der Waals surface area contributed by atoms with Crippen LogP contribution >= 0.6 is 0 Å². The van der Waals surface area contributed by atoms with Gasteiger partial charge in [0, 0.05) is 18.5 Å². The first kappa shape index (κ1) is 23.9. The van der Waals surface area contributed by atoms with Crippen molar-refractivity contribution in [3.8, 4) is 0 Å². The molecule has 170 valence electrons. The van der Waals surface area contributed by atoms with Crippen LogP contribution in [0.2, 0.25) is 0 Å². The molecule has 1 aliphatic carbocycles. The SMILES string of the molecule is CCCN(CCc1ccccc1)C(CC)CCc1ccc(C2C(F)CCCC2F)cc1. The maximum Gasteiger partial charge on any atom is 0.110 e. The van der Waals surface area contributed by atoms with Crippen molar-refractivity contribution in [2.45, 2.75) is 89.5 Å². The predicted octanol–water partition coefficient (Wildman–Crippen LogP) is 7.30. The number of hydrogen-bond acceptors (Lipinski definition) is 1. The van der Waals surface area contributed by atoms with Gasteiger partial charge in [-0.3, -0.25) is 0 Å². The zero-order valence-corrected chi connectivity index (χ0v) is 19.3. The van der Waals surface area contributed by atoms with E-state index in [2.05, 4.69) is 61.2 Å². The van der Waals surface area contributed by atoms with Gasteiger partial charge in [0.1, 0.15) is 12.3 Å². The van der Waals surface area contributed by atoms with Gasteiger partial charge in [0.05, 0.1) is 0 Å². The normalized spacial score (nSPS) is 22.5. The van der Waals surface area contributed by atoms with Crippen molar-refractivity contribution in [1.82, 2.24) is 4.90 Å². The standard InChI is InChI=1S/C28H39F2N/c1-3-20-31(21-19-22-9-6-5-7-10-22)25(4-2)18-15-23-13-16-24(17-14-23)28-26(29)11-8-12-27(28)30/h5-7,9-10,13-14,16-17,25-28H,3-4,8,11-12,15,18-21H2,1-2H3. The molecule has 2 aromatic carbocycles. The van der Waals surface area contributed by atoms with Gasteiger partial charge in [0.15, 0.2) is 0 Å². The molecule has 0 aliphatic heterocycles. The van der Waals surface area contributed by atoms with E-state index >= 15 is 0 Å². The number of benzene rings is 2. The van der Waals surface area contributed by atoms with Crippen LogP contribution in [0.4, 0.5) is 8.78 Å². The fraction of sp³-hybridized carbons (Fsp3) is 0.571. The highest BCUT2D eigenvalue weighted by Gasteiger charge is 2.34. The van der Waals surface area contributed by atoms with Gasteiger partial charge in [-0.1, -0.05) is 68.4 Å². The molecule has 1 nitrogen and oxygen atoms in total. The summed E-state index contributed by atoms with van der Waals surface area (Å²) in [6.45, 7) is 6.75. The molecule has 0 saturated heterocycles. The second-order valence-corrected chi connectivity index (χ2v) is 9.10. The molecule has 3 atom stereocenters. The molecule has 0 spiro atoms. The van der Waals surface area contributed by atoms with Crippen molar-refractivity contribution >= 4 is 0 Å². The fourth-order valence-electron chi connectivity index (χ4n) is 5.08. The van der Waals surface area contributed by atoms with Crippen LogP contribution in [-0.4, -0.2) is 36.4 Å². The van der Waals surface area contributed by atoms with E-state index in [-0.39, 0.29) is 0 Å². The summed E-state index contributed by atoms with van der Waals surface area (Å²) in [7, 11) is 0. The zero-order chi connectivity index (χ0) is 22.1. The van der Waals surface area contributed by atoms with Crippen LogP contribution in [0.15, 0.2) is 54.6 Å². The summed E-state index contributed by atoms with van der Waals surface area (Å²) in [5.41, 5.74) is 3.49. The second-order valence-electron chi connectivity index (χ2n) is 9.10. The molecule has 3 rings (SSSR count). The van der Waals surface area contributed by atoms with Crippen molar-refractivity contribution in [1.29, 1.82) is 0 Å². The minimum absolute atomic E-state index is 0.487. The number of nitrogens with zero attached hydrogens (tertiary/aromatic N) is 1. The Balaban J connectivity index is 1.56. The van der Waals surface area contributed by atoms with E-state index in [0.717, 1.165) is 50.8 Å². The Morgan fingerprint density at radius 1 is 0.839 bits per heavy atom. The Hall–Kier alpha value is -1.74. The predicted molar refractivity (Wildman–Crippen MR) is 127 cm³/mol. The molecule has 0 N–H and O–H groups in total. The molecule has 1 fully saturated rings. The third-order valence-electron chi connectivity index (χ3n) is 6.90. The monoisotopic (exact) mass is 427 g/mol. The van der Waals surface area contributed by atoms with Crippen molar-refractivity contribution < 1.29 is 8.78 Å². The van der Waals surface area contributed by atoms with Crippen molar-refractivity contribution in [3.05, 3.63) is 71.3 Å². The lowest BCUT2D eigenvalue weighted by atomic mass is 9.81. The Labute approximate surface area is 187 Å². The molecule has 0 heterocycles. The molecule has 0 radical (unpaired) electrons.